The molecule has 0 aliphatic carbocycles. The van der Waals surface area contributed by atoms with E-state index in [1.807, 2.05) is 38.1 Å². The Hall–Kier alpha value is -0.710. The second-order valence-electron chi connectivity index (χ2n) is 4.05. The van der Waals surface area contributed by atoms with Gasteiger partial charge in [-0.05, 0) is 48.0 Å². The van der Waals surface area contributed by atoms with Gasteiger partial charge in [0.25, 0.3) is 0 Å². The van der Waals surface area contributed by atoms with Gasteiger partial charge >= 0.3 is 0 Å². The minimum Gasteiger partial charge on any atom is -0.388 e. The van der Waals surface area contributed by atoms with Crippen LogP contribution in [0, 0.1) is 13.8 Å². The van der Waals surface area contributed by atoms with Gasteiger partial charge in [0.05, 0.1) is 9.89 Å². The lowest BCUT2D eigenvalue weighted by Gasteiger charge is -2.12. The van der Waals surface area contributed by atoms with E-state index in [1.165, 1.54) is 4.88 Å². The molecule has 2 aromatic rings. The Bertz CT molecular complexity index is 524. The summed E-state index contributed by atoms with van der Waals surface area (Å²) in [5, 5.41) is 10.2. The maximum Gasteiger partial charge on any atom is 0.0855 e. The Balaban J connectivity index is 2.17. The van der Waals surface area contributed by atoms with Crippen LogP contribution in [0.25, 0.3) is 0 Å². The highest BCUT2D eigenvalue weighted by molar-refractivity contribution is 9.11. The monoisotopic (exact) mass is 311 g/mol. The molecule has 0 amide bonds. The van der Waals surface area contributed by atoms with E-state index >= 15 is 0 Å². The molecule has 0 aliphatic heterocycles. The number of aryl methyl sites for hydroxylation is 2. The van der Waals surface area contributed by atoms with E-state index in [2.05, 4.69) is 20.9 Å². The molecule has 0 aliphatic rings. The molecule has 0 fully saturated rings. The van der Waals surface area contributed by atoms with Gasteiger partial charge in [-0.25, -0.2) is 0 Å². The van der Waals surface area contributed by atoms with Gasteiger partial charge in [0.2, 0.25) is 0 Å². The van der Waals surface area contributed by atoms with E-state index < -0.39 is 6.10 Å². The normalized spacial score (nSPS) is 12.7. The Morgan fingerprint density at radius 3 is 2.65 bits per heavy atom. The minimum atomic E-state index is -0.478. The molecular formula is C13H14BrNOS. The van der Waals surface area contributed by atoms with Crippen molar-refractivity contribution in [2.75, 3.05) is 0 Å². The van der Waals surface area contributed by atoms with Gasteiger partial charge in [0, 0.05) is 28.2 Å². The molecule has 90 valence electrons. The summed E-state index contributed by atoms with van der Waals surface area (Å²) in [5.74, 6) is 0. The van der Waals surface area contributed by atoms with Crippen molar-refractivity contribution in [1.29, 1.82) is 0 Å². The summed E-state index contributed by atoms with van der Waals surface area (Å²) in [4.78, 5) is 5.55. The first kappa shape index (κ1) is 12.7. The van der Waals surface area contributed by atoms with Gasteiger partial charge in [-0.3, -0.25) is 4.98 Å². The van der Waals surface area contributed by atoms with Crippen LogP contribution in [0.3, 0.4) is 0 Å². The molecule has 17 heavy (non-hydrogen) atoms. The number of pyridine rings is 1. The average Bonchev–Trinajstić information content (AvgIpc) is 2.63. The van der Waals surface area contributed by atoms with Crippen LogP contribution in [0.15, 0.2) is 28.1 Å². The van der Waals surface area contributed by atoms with Crippen LogP contribution in [0.5, 0.6) is 0 Å². The average molecular weight is 312 g/mol. The molecule has 0 saturated carbocycles. The van der Waals surface area contributed by atoms with Crippen LogP contribution in [-0.4, -0.2) is 10.1 Å². The van der Waals surface area contributed by atoms with Crippen molar-refractivity contribution in [3.63, 3.8) is 0 Å². The Morgan fingerprint density at radius 2 is 2.06 bits per heavy atom. The summed E-state index contributed by atoms with van der Waals surface area (Å²) in [6, 6.07) is 7.95. The predicted octanol–water partition coefficient (Wildman–Crippen LogP) is 3.80. The van der Waals surface area contributed by atoms with Gasteiger partial charge in [0.1, 0.15) is 0 Å². The van der Waals surface area contributed by atoms with Crippen molar-refractivity contribution in [2.45, 2.75) is 26.4 Å². The molecule has 2 heterocycles. The lowest BCUT2D eigenvalue weighted by atomic mass is 10.0. The molecule has 1 atom stereocenters. The second-order valence-corrected chi connectivity index (χ2v) is 6.60. The van der Waals surface area contributed by atoms with Crippen LogP contribution >= 0.6 is 27.3 Å². The molecule has 1 unspecified atom stereocenters. The summed E-state index contributed by atoms with van der Waals surface area (Å²) >= 11 is 5.08. The molecule has 0 spiro atoms. The second kappa shape index (κ2) is 5.29. The SMILES string of the molecule is Cc1ccc(C(O)Cc2ccc(Br)s2)c(C)n1. The molecule has 0 aromatic carbocycles. The first-order chi connectivity index (χ1) is 8.06. The van der Waals surface area contributed by atoms with Crippen LogP contribution in [0.2, 0.25) is 0 Å². The third-order valence-electron chi connectivity index (χ3n) is 2.65. The van der Waals surface area contributed by atoms with Crippen molar-refractivity contribution >= 4 is 27.3 Å². The van der Waals surface area contributed by atoms with Gasteiger partial charge in [-0.15, -0.1) is 11.3 Å². The third-order valence-corrected chi connectivity index (χ3v) is 4.29. The van der Waals surface area contributed by atoms with E-state index in [4.69, 9.17) is 0 Å². The van der Waals surface area contributed by atoms with Crippen molar-refractivity contribution < 1.29 is 5.11 Å². The largest absolute Gasteiger partial charge is 0.388 e. The van der Waals surface area contributed by atoms with Crippen molar-refractivity contribution in [3.8, 4) is 0 Å². The zero-order valence-electron chi connectivity index (χ0n) is 9.77. The van der Waals surface area contributed by atoms with Crippen LogP contribution in [0.4, 0.5) is 0 Å². The third kappa shape index (κ3) is 3.15. The van der Waals surface area contributed by atoms with E-state index in [0.29, 0.717) is 6.42 Å². The number of halogens is 1. The standard InChI is InChI=1S/C13H14BrNOS/c1-8-3-5-11(9(2)15-8)12(16)7-10-4-6-13(14)17-10/h3-6,12,16H,7H2,1-2H3. The highest BCUT2D eigenvalue weighted by atomic mass is 79.9. The zero-order chi connectivity index (χ0) is 12.4. The number of hydrogen-bond donors (Lipinski definition) is 1. The van der Waals surface area contributed by atoms with Crippen molar-refractivity contribution in [2.24, 2.45) is 0 Å². The Morgan fingerprint density at radius 1 is 1.29 bits per heavy atom. The van der Waals surface area contributed by atoms with Crippen molar-refractivity contribution in [1.82, 2.24) is 4.98 Å². The Labute approximate surface area is 113 Å². The van der Waals surface area contributed by atoms with Gasteiger partial charge in [-0.2, -0.15) is 0 Å². The molecule has 0 saturated heterocycles. The summed E-state index contributed by atoms with van der Waals surface area (Å²) in [5.41, 5.74) is 2.81. The molecule has 1 N–H and O–H groups in total. The number of aromatic nitrogens is 1. The number of aliphatic hydroxyl groups excluding tert-OH is 1. The molecule has 4 heteroatoms. The number of hydrogen-bond acceptors (Lipinski definition) is 3. The van der Waals surface area contributed by atoms with Crippen LogP contribution < -0.4 is 0 Å². The molecular weight excluding hydrogens is 298 g/mol. The van der Waals surface area contributed by atoms with Crippen LogP contribution in [-0.2, 0) is 6.42 Å². The minimum absolute atomic E-state index is 0.478. The molecule has 2 rings (SSSR count). The first-order valence-electron chi connectivity index (χ1n) is 5.42. The highest BCUT2D eigenvalue weighted by Crippen LogP contribution is 2.27. The summed E-state index contributed by atoms with van der Waals surface area (Å²) in [6.45, 7) is 3.90. The lowest BCUT2D eigenvalue weighted by Crippen LogP contribution is -2.04. The summed E-state index contributed by atoms with van der Waals surface area (Å²) in [7, 11) is 0. The molecule has 2 nitrogen and oxygen atoms in total. The Kier molecular flexibility index (Phi) is 3.97. The van der Waals surface area contributed by atoms with E-state index in [0.717, 1.165) is 20.7 Å². The van der Waals surface area contributed by atoms with E-state index in [9.17, 15) is 5.11 Å². The lowest BCUT2D eigenvalue weighted by molar-refractivity contribution is 0.178. The quantitative estimate of drug-likeness (QED) is 0.935. The smallest absolute Gasteiger partial charge is 0.0855 e. The maximum absolute atomic E-state index is 10.2. The summed E-state index contributed by atoms with van der Waals surface area (Å²) < 4.78 is 1.10. The highest BCUT2D eigenvalue weighted by Gasteiger charge is 2.13. The number of aliphatic hydroxyl groups is 1. The van der Waals surface area contributed by atoms with E-state index in [-0.39, 0.29) is 0 Å². The maximum atomic E-state index is 10.2. The molecule has 0 radical (unpaired) electrons. The van der Waals surface area contributed by atoms with Gasteiger partial charge < -0.3 is 5.11 Å². The first-order valence-corrected chi connectivity index (χ1v) is 7.03. The fourth-order valence-electron chi connectivity index (χ4n) is 1.81. The van der Waals surface area contributed by atoms with Crippen LogP contribution in [0.1, 0.15) is 27.9 Å². The number of rotatable bonds is 3. The van der Waals surface area contributed by atoms with E-state index in [1.54, 1.807) is 11.3 Å². The van der Waals surface area contributed by atoms with Gasteiger partial charge in [-0.1, -0.05) is 6.07 Å². The molecule has 0 bridgehead atoms. The number of thiophene rings is 1. The summed E-state index contributed by atoms with van der Waals surface area (Å²) in [6.07, 6.45) is 0.163. The molecule has 2 aromatic heterocycles. The number of nitrogens with zero attached hydrogens (tertiary/aromatic N) is 1. The topological polar surface area (TPSA) is 33.1 Å². The van der Waals surface area contributed by atoms with Crippen molar-refractivity contribution in [3.05, 3.63) is 49.9 Å². The predicted molar refractivity (Wildman–Crippen MR) is 74.4 cm³/mol. The fraction of sp³-hybridized carbons (Fsp3) is 0.308. The fourth-order valence-corrected chi connectivity index (χ4v) is 3.33. The van der Waals surface area contributed by atoms with Gasteiger partial charge in [0.15, 0.2) is 0 Å². The zero-order valence-corrected chi connectivity index (χ0v) is 12.2.